The van der Waals surface area contributed by atoms with Gasteiger partial charge in [0.25, 0.3) is 0 Å². The fourth-order valence-electron chi connectivity index (χ4n) is 4.40. The van der Waals surface area contributed by atoms with Gasteiger partial charge >= 0.3 is 6.18 Å². The Balaban J connectivity index is 1.36. The van der Waals surface area contributed by atoms with E-state index in [1.807, 2.05) is 4.90 Å². The number of hydrogen-bond donors (Lipinski definition) is 1. The number of amides is 1. The van der Waals surface area contributed by atoms with Crippen LogP contribution in [0.2, 0.25) is 0 Å². The van der Waals surface area contributed by atoms with Crippen LogP contribution in [0.25, 0.3) is 0 Å². The molecule has 1 amide bonds. The Morgan fingerprint density at radius 1 is 1.10 bits per heavy atom. The molecule has 0 unspecified atom stereocenters. The summed E-state index contributed by atoms with van der Waals surface area (Å²) in [5.74, 6) is -0.273. The van der Waals surface area contributed by atoms with E-state index in [0.29, 0.717) is 32.3 Å². The van der Waals surface area contributed by atoms with Gasteiger partial charge in [0, 0.05) is 32.2 Å². The van der Waals surface area contributed by atoms with Crippen LogP contribution in [0.15, 0.2) is 18.2 Å². The summed E-state index contributed by atoms with van der Waals surface area (Å²) in [6, 6.07) is 4.48. The minimum absolute atomic E-state index is 0.0402. The van der Waals surface area contributed by atoms with E-state index in [0.717, 1.165) is 32.0 Å². The fourth-order valence-corrected chi connectivity index (χ4v) is 4.40. The van der Waals surface area contributed by atoms with Crippen molar-refractivity contribution in [1.82, 2.24) is 9.80 Å². The largest absolute Gasteiger partial charge is 0.490 e. The van der Waals surface area contributed by atoms with Crippen molar-refractivity contribution in [2.75, 3.05) is 51.3 Å². The number of piperidine rings is 1. The molecular formula is C22H30F3N3O3. The molecule has 0 bridgehead atoms. The molecule has 0 aromatic heterocycles. The Kier molecular flexibility index (Phi) is 7.03. The van der Waals surface area contributed by atoms with Crippen LogP contribution >= 0.6 is 0 Å². The number of carbonyl (C=O) groups excluding carboxylic acids is 1. The second-order valence-electron chi connectivity index (χ2n) is 8.58. The molecule has 4 rings (SSSR count). The van der Waals surface area contributed by atoms with Crippen molar-refractivity contribution in [2.24, 2.45) is 0 Å². The molecular weight excluding hydrogens is 411 g/mol. The van der Waals surface area contributed by atoms with Crippen molar-refractivity contribution in [1.29, 1.82) is 0 Å². The molecule has 2 heterocycles. The zero-order chi connectivity index (χ0) is 21.8. The molecule has 2 saturated heterocycles. The minimum Gasteiger partial charge on any atom is -0.490 e. The monoisotopic (exact) mass is 441 g/mol. The van der Waals surface area contributed by atoms with Gasteiger partial charge in [0.15, 0.2) is 0 Å². The zero-order valence-electron chi connectivity index (χ0n) is 17.6. The number of morpholine rings is 1. The van der Waals surface area contributed by atoms with Gasteiger partial charge in [0.05, 0.1) is 31.0 Å². The summed E-state index contributed by atoms with van der Waals surface area (Å²) in [6.45, 7) is 4.12. The summed E-state index contributed by atoms with van der Waals surface area (Å²) in [6.07, 6.45) is 0.745. The summed E-state index contributed by atoms with van der Waals surface area (Å²) >= 11 is 0. The number of alkyl halides is 3. The molecule has 0 spiro atoms. The lowest BCUT2D eigenvalue weighted by atomic mass is 9.90. The summed E-state index contributed by atoms with van der Waals surface area (Å²) in [4.78, 5) is 16.6. The SMILES string of the molecule is O=C(CN1CCOCC1)Nc1ccc(OC2CCN(C3CCC3)CC2)cc1C(F)(F)F. The quantitative estimate of drug-likeness (QED) is 0.734. The minimum atomic E-state index is -4.59. The molecule has 172 valence electrons. The molecule has 1 aromatic rings. The molecule has 2 aliphatic heterocycles. The first kappa shape index (κ1) is 22.4. The first-order valence-corrected chi connectivity index (χ1v) is 11.1. The van der Waals surface area contributed by atoms with Gasteiger partial charge in [-0.15, -0.1) is 0 Å². The lowest BCUT2D eigenvalue weighted by Gasteiger charge is -2.41. The van der Waals surface area contributed by atoms with Gasteiger partial charge in [-0.05, 0) is 43.9 Å². The van der Waals surface area contributed by atoms with Crippen LogP contribution in [0.5, 0.6) is 5.75 Å². The van der Waals surface area contributed by atoms with E-state index in [1.54, 1.807) is 0 Å². The van der Waals surface area contributed by atoms with E-state index < -0.39 is 17.6 Å². The fraction of sp³-hybridized carbons (Fsp3) is 0.682. The van der Waals surface area contributed by atoms with Gasteiger partial charge in [0.1, 0.15) is 11.9 Å². The third kappa shape index (κ3) is 5.90. The van der Waals surface area contributed by atoms with Crippen molar-refractivity contribution in [3.05, 3.63) is 23.8 Å². The molecule has 1 N–H and O–H groups in total. The lowest BCUT2D eigenvalue weighted by molar-refractivity contribution is -0.137. The van der Waals surface area contributed by atoms with Crippen molar-refractivity contribution in [2.45, 2.75) is 50.4 Å². The predicted molar refractivity (Wildman–Crippen MR) is 110 cm³/mol. The predicted octanol–water partition coefficient (Wildman–Crippen LogP) is 3.37. The lowest BCUT2D eigenvalue weighted by Crippen LogP contribution is -2.46. The highest BCUT2D eigenvalue weighted by molar-refractivity contribution is 5.93. The number of rotatable bonds is 6. The number of nitrogens with zero attached hydrogens (tertiary/aromatic N) is 2. The highest BCUT2D eigenvalue weighted by Gasteiger charge is 2.35. The second-order valence-corrected chi connectivity index (χ2v) is 8.58. The normalized spacial score (nSPS) is 22.2. The molecule has 0 atom stereocenters. The molecule has 1 aromatic carbocycles. The Morgan fingerprint density at radius 2 is 1.81 bits per heavy atom. The highest BCUT2D eigenvalue weighted by atomic mass is 19.4. The van der Waals surface area contributed by atoms with E-state index in [4.69, 9.17) is 9.47 Å². The molecule has 1 saturated carbocycles. The van der Waals surface area contributed by atoms with Crippen LogP contribution in [0.3, 0.4) is 0 Å². The summed E-state index contributed by atoms with van der Waals surface area (Å²) in [5, 5.41) is 2.42. The molecule has 31 heavy (non-hydrogen) atoms. The number of anilines is 1. The van der Waals surface area contributed by atoms with Crippen molar-refractivity contribution in [3.8, 4) is 5.75 Å². The topological polar surface area (TPSA) is 54.0 Å². The third-order valence-electron chi connectivity index (χ3n) is 6.41. The Labute approximate surface area is 180 Å². The van der Waals surface area contributed by atoms with Crippen LogP contribution < -0.4 is 10.1 Å². The molecule has 6 nitrogen and oxygen atoms in total. The van der Waals surface area contributed by atoms with Crippen molar-refractivity contribution >= 4 is 11.6 Å². The van der Waals surface area contributed by atoms with Crippen LogP contribution in [0.1, 0.15) is 37.7 Å². The maximum absolute atomic E-state index is 13.7. The molecule has 3 aliphatic rings. The van der Waals surface area contributed by atoms with Crippen molar-refractivity contribution < 1.29 is 27.4 Å². The van der Waals surface area contributed by atoms with Crippen LogP contribution in [0, 0.1) is 0 Å². The van der Waals surface area contributed by atoms with Gasteiger partial charge in [0.2, 0.25) is 5.91 Å². The molecule has 9 heteroatoms. The maximum Gasteiger partial charge on any atom is 0.418 e. The second kappa shape index (κ2) is 9.75. The molecule has 1 aliphatic carbocycles. The van der Waals surface area contributed by atoms with Gasteiger partial charge in [-0.2, -0.15) is 13.2 Å². The number of hydrogen-bond acceptors (Lipinski definition) is 5. The number of nitrogens with one attached hydrogen (secondary N) is 1. The standard InChI is InChI=1S/C22H30F3N3O3/c23-22(24,25)19-14-18(31-17-6-8-28(9-7-17)16-2-1-3-16)4-5-20(19)26-21(29)15-27-10-12-30-13-11-27/h4-5,14,16-17H,1-3,6-13,15H2,(H,26,29). The van der Waals surface area contributed by atoms with Crippen molar-refractivity contribution in [3.63, 3.8) is 0 Å². The Bertz CT molecular complexity index is 756. The van der Waals surface area contributed by atoms with Crippen LogP contribution in [-0.2, 0) is 15.7 Å². The van der Waals surface area contributed by atoms with E-state index >= 15 is 0 Å². The third-order valence-corrected chi connectivity index (χ3v) is 6.41. The van der Waals surface area contributed by atoms with Gasteiger partial charge in [-0.25, -0.2) is 0 Å². The Hall–Kier alpha value is -1.84. The van der Waals surface area contributed by atoms with E-state index in [1.165, 1.54) is 31.4 Å². The number of halogens is 3. The Morgan fingerprint density at radius 3 is 2.42 bits per heavy atom. The first-order valence-electron chi connectivity index (χ1n) is 11.1. The molecule has 3 fully saturated rings. The smallest absolute Gasteiger partial charge is 0.418 e. The zero-order valence-corrected chi connectivity index (χ0v) is 17.6. The van der Waals surface area contributed by atoms with E-state index in [2.05, 4.69) is 10.2 Å². The summed E-state index contributed by atoms with van der Waals surface area (Å²) in [5.41, 5.74) is -1.12. The number of benzene rings is 1. The average Bonchev–Trinajstić information content (AvgIpc) is 2.69. The summed E-state index contributed by atoms with van der Waals surface area (Å²) in [7, 11) is 0. The maximum atomic E-state index is 13.7. The van der Waals surface area contributed by atoms with Gasteiger partial charge < -0.3 is 19.7 Å². The molecule has 0 radical (unpaired) electrons. The summed E-state index contributed by atoms with van der Waals surface area (Å²) < 4.78 is 52.1. The number of ether oxygens (including phenoxy) is 2. The average molecular weight is 441 g/mol. The first-order chi connectivity index (χ1) is 14.9. The number of carbonyl (C=O) groups is 1. The van der Waals surface area contributed by atoms with Gasteiger partial charge in [-0.1, -0.05) is 6.42 Å². The van der Waals surface area contributed by atoms with Gasteiger partial charge in [-0.3, -0.25) is 9.69 Å². The number of likely N-dealkylation sites (tertiary alicyclic amines) is 1. The van der Waals surface area contributed by atoms with E-state index in [9.17, 15) is 18.0 Å². The highest BCUT2D eigenvalue weighted by Crippen LogP contribution is 2.38. The van der Waals surface area contributed by atoms with Crippen LogP contribution in [-0.4, -0.2) is 73.8 Å². The van der Waals surface area contributed by atoms with E-state index in [-0.39, 0.29) is 24.1 Å². The van der Waals surface area contributed by atoms with Crippen LogP contribution in [0.4, 0.5) is 18.9 Å².